The van der Waals surface area contributed by atoms with Gasteiger partial charge in [-0.2, -0.15) is 10.2 Å². The minimum absolute atomic E-state index is 0.0999. The van der Waals surface area contributed by atoms with E-state index in [9.17, 15) is 13.2 Å². The molecule has 2 aromatic rings. The van der Waals surface area contributed by atoms with Crippen molar-refractivity contribution in [3.63, 3.8) is 0 Å². The number of allylic oxidation sites excluding steroid dienone is 2. The standard InChI is InChI=1S/C19H17F3N2/c1-2-3-4-5-14-6-8-15(9-7-14)12-23-24-13-16-10-17(20)19(22)18(21)11-16/h2-3,6-13H,4-5H2,1H3/b3-2+,23-12?,24-13?. The van der Waals surface area contributed by atoms with Crippen LogP contribution in [0.2, 0.25) is 0 Å². The third-order valence-electron chi connectivity index (χ3n) is 3.30. The Hall–Kier alpha value is -2.69. The molecule has 24 heavy (non-hydrogen) atoms. The lowest BCUT2D eigenvalue weighted by Gasteiger charge is -1.99. The van der Waals surface area contributed by atoms with Crippen LogP contribution in [0.15, 0.2) is 58.8 Å². The van der Waals surface area contributed by atoms with Gasteiger partial charge >= 0.3 is 0 Å². The van der Waals surface area contributed by atoms with Crippen molar-refractivity contribution in [3.8, 4) is 0 Å². The van der Waals surface area contributed by atoms with E-state index in [0.29, 0.717) is 0 Å². The zero-order chi connectivity index (χ0) is 17.4. The fourth-order valence-electron chi connectivity index (χ4n) is 2.04. The number of benzene rings is 2. The van der Waals surface area contributed by atoms with Crippen molar-refractivity contribution in [1.82, 2.24) is 0 Å². The normalized spacial score (nSPS) is 12.0. The molecule has 2 rings (SSSR count). The van der Waals surface area contributed by atoms with Crippen LogP contribution in [0.25, 0.3) is 0 Å². The van der Waals surface area contributed by atoms with E-state index in [-0.39, 0.29) is 5.56 Å². The van der Waals surface area contributed by atoms with Gasteiger partial charge in [-0.25, -0.2) is 13.2 Å². The van der Waals surface area contributed by atoms with Crippen LogP contribution in [-0.2, 0) is 6.42 Å². The number of hydrogen-bond acceptors (Lipinski definition) is 2. The summed E-state index contributed by atoms with van der Waals surface area (Å²) in [6.07, 6.45) is 8.81. The molecule has 0 N–H and O–H groups in total. The van der Waals surface area contributed by atoms with Gasteiger partial charge in [0.2, 0.25) is 0 Å². The summed E-state index contributed by atoms with van der Waals surface area (Å²) in [7, 11) is 0. The fraction of sp³-hybridized carbons (Fsp3) is 0.158. The van der Waals surface area contributed by atoms with Crippen molar-refractivity contribution < 1.29 is 13.2 Å². The lowest BCUT2D eigenvalue weighted by atomic mass is 10.1. The Bertz CT molecular complexity index is 740. The summed E-state index contributed by atoms with van der Waals surface area (Å²) < 4.78 is 38.9. The molecule has 0 radical (unpaired) electrons. The van der Waals surface area contributed by atoms with Crippen LogP contribution in [0.1, 0.15) is 30.0 Å². The SMILES string of the molecule is C/C=C/CCc1ccc(C=NN=Cc2cc(F)c(F)c(F)c2)cc1. The molecular weight excluding hydrogens is 313 g/mol. The monoisotopic (exact) mass is 330 g/mol. The maximum atomic E-state index is 13.0. The molecule has 5 heteroatoms. The van der Waals surface area contributed by atoms with Crippen molar-refractivity contribution >= 4 is 12.4 Å². The molecule has 0 aliphatic heterocycles. The Morgan fingerprint density at radius 3 is 2.04 bits per heavy atom. The van der Waals surface area contributed by atoms with E-state index in [0.717, 1.165) is 36.8 Å². The molecule has 0 saturated heterocycles. The molecule has 0 aliphatic rings. The second-order valence-corrected chi connectivity index (χ2v) is 5.14. The smallest absolute Gasteiger partial charge is 0.194 e. The fourth-order valence-corrected chi connectivity index (χ4v) is 2.04. The predicted octanol–water partition coefficient (Wildman–Crippen LogP) is 5.07. The lowest BCUT2D eigenvalue weighted by Crippen LogP contribution is -1.93. The average molecular weight is 330 g/mol. The minimum atomic E-state index is -1.50. The van der Waals surface area contributed by atoms with Crippen molar-refractivity contribution in [3.05, 3.63) is 82.7 Å². The quantitative estimate of drug-likeness (QED) is 0.306. The molecule has 0 bridgehead atoms. The molecular formula is C19H17F3N2. The largest absolute Gasteiger partial charge is 0.204 e. The molecule has 0 amide bonds. The van der Waals surface area contributed by atoms with Gasteiger partial charge in [-0.3, -0.25) is 0 Å². The van der Waals surface area contributed by atoms with Crippen molar-refractivity contribution in [2.45, 2.75) is 19.8 Å². The highest BCUT2D eigenvalue weighted by molar-refractivity contribution is 5.82. The van der Waals surface area contributed by atoms with Gasteiger partial charge in [0.25, 0.3) is 0 Å². The summed E-state index contributed by atoms with van der Waals surface area (Å²) in [4.78, 5) is 0. The average Bonchev–Trinajstić information content (AvgIpc) is 2.58. The predicted molar refractivity (Wildman–Crippen MR) is 91.1 cm³/mol. The Kier molecular flexibility index (Phi) is 6.49. The molecule has 0 fully saturated rings. The number of rotatable bonds is 6. The van der Waals surface area contributed by atoms with Gasteiger partial charge in [-0.1, -0.05) is 36.4 Å². The van der Waals surface area contributed by atoms with Crippen LogP contribution in [0.4, 0.5) is 13.2 Å². The third-order valence-corrected chi connectivity index (χ3v) is 3.30. The zero-order valence-corrected chi connectivity index (χ0v) is 13.2. The summed E-state index contributed by atoms with van der Waals surface area (Å²) in [6, 6.07) is 9.58. The van der Waals surface area contributed by atoms with Gasteiger partial charge in [0.1, 0.15) is 0 Å². The van der Waals surface area contributed by atoms with Gasteiger partial charge in [0.15, 0.2) is 17.5 Å². The van der Waals surface area contributed by atoms with Gasteiger partial charge in [0, 0.05) is 5.56 Å². The molecule has 2 aromatic carbocycles. The molecule has 0 atom stereocenters. The van der Waals surface area contributed by atoms with Crippen molar-refractivity contribution in [2.75, 3.05) is 0 Å². The lowest BCUT2D eigenvalue weighted by molar-refractivity contribution is 0.447. The van der Waals surface area contributed by atoms with Crippen LogP contribution >= 0.6 is 0 Å². The van der Waals surface area contributed by atoms with E-state index in [1.165, 1.54) is 11.8 Å². The Morgan fingerprint density at radius 1 is 0.875 bits per heavy atom. The molecule has 0 aliphatic carbocycles. The summed E-state index contributed by atoms with van der Waals surface area (Å²) in [6.45, 7) is 1.99. The van der Waals surface area contributed by atoms with Crippen LogP contribution in [0, 0.1) is 17.5 Å². The first-order valence-electron chi connectivity index (χ1n) is 7.51. The molecule has 0 unspecified atom stereocenters. The molecule has 124 valence electrons. The Morgan fingerprint density at radius 2 is 1.46 bits per heavy atom. The van der Waals surface area contributed by atoms with E-state index in [1.54, 1.807) is 0 Å². The number of halogens is 3. The van der Waals surface area contributed by atoms with E-state index in [2.05, 4.69) is 16.3 Å². The highest BCUT2D eigenvalue weighted by Gasteiger charge is 2.09. The van der Waals surface area contributed by atoms with Crippen molar-refractivity contribution in [2.24, 2.45) is 10.2 Å². The van der Waals surface area contributed by atoms with Gasteiger partial charge in [-0.05, 0) is 43.0 Å². The van der Waals surface area contributed by atoms with E-state index < -0.39 is 17.5 Å². The van der Waals surface area contributed by atoms with Crippen LogP contribution in [-0.4, -0.2) is 12.4 Å². The summed E-state index contributed by atoms with van der Waals surface area (Å²) in [5.41, 5.74) is 2.19. The second-order valence-electron chi connectivity index (χ2n) is 5.14. The first-order chi connectivity index (χ1) is 11.6. The van der Waals surface area contributed by atoms with Crippen molar-refractivity contribution in [1.29, 1.82) is 0 Å². The molecule has 0 aromatic heterocycles. The van der Waals surface area contributed by atoms with E-state index in [1.807, 2.05) is 37.3 Å². The van der Waals surface area contributed by atoms with Gasteiger partial charge in [-0.15, -0.1) is 0 Å². The van der Waals surface area contributed by atoms with E-state index >= 15 is 0 Å². The molecule has 0 saturated carbocycles. The number of hydrogen-bond donors (Lipinski definition) is 0. The molecule has 0 spiro atoms. The maximum Gasteiger partial charge on any atom is 0.194 e. The molecule has 2 nitrogen and oxygen atoms in total. The minimum Gasteiger partial charge on any atom is -0.204 e. The van der Waals surface area contributed by atoms with Crippen LogP contribution in [0.3, 0.4) is 0 Å². The van der Waals surface area contributed by atoms with Crippen LogP contribution < -0.4 is 0 Å². The number of nitrogens with zero attached hydrogens (tertiary/aromatic N) is 2. The molecule has 0 heterocycles. The second kappa shape index (κ2) is 8.82. The van der Waals surface area contributed by atoms with Gasteiger partial charge < -0.3 is 0 Å². The Labute approximate surface area is 139 Å². The summed E-state index contributed by atoms with van der Waals surface area (Å²) in [5, 5.41) is 7.53. The first kappa shape index (κ1) is 17.7. The topological polar surface area (TPSA) is 24.7 Å². The summed E-state index contributed by atoms with van der Waals surface area (Å²) >= 11 is 0. The third kappa shape index (κ3) is 5.19. The maximum absolute atomic E-state index is 13.0. The van der Waals surface area contributed by atoms with Crippen LogP contribution in [0.5, 0.6) is 0 Å². The summed E-state index contributed by atoms with van der Waals surface area (Å²) in [5.74, 6) is -4.01. The Balaban J connectivity index is 1.96. The highest BCUT2D eigenvalue weighted by atomic mass is 19.2. The highest BCUT2D eigenvalue weighted by Crippen LogP contribution is 2.12. The number of aryl methyl sites for hydroxylation is 1. The van der Waals surface area contributed by atoms with Gasteiger partial charge in [0.05, 0.1) is 12.4 Å². The van der Waals surface area contributed by atoms with E-state index in [4.69, 9.17) is 0 Å². The first-order valence-corrected chi connectivity index (χ1v) is 7.51. The zero-order valence-electron chi connectivity index (χ0n) is 13.2.